The molecule has 1 aromatic carbocycles. The standard InChI is InChI=1S/C30H47BN4O6.C27H48N6O7/c1-18(2)11-22(28(39)33-25(12-19(3)4)30(41)35-16-23(37)13-20(35)5)15-27(38)24(14-21-9-7-6-8-10-21)32-29(40)26(17-36)34-31;1-8-16(4)24(17(5)34)32-25(39)19(10-9-11-30-27(28)29)13-22(36)20(14-23(37)38)31-26(40)21(12-15(2)3)33(7)18(6)35/h6-10,18-20,22-26,34,36-37H,11-17H2,1-5H3,(H,32,40)(H,33,39);15-16,19-21,24H,8-14H2,1-7H3,(H,31,40)(H,32,39)(H,37,38)(H4,28,29,30)/t20-,22+,23-,24+,25+,26-;16?,19-,20+,21+,24+/m11/s1. The third-order valence-corrected chi connectivity index (χ3v) is 14.2. The quantitative estimate of drug-likeness (QED) is 0.0199. The summed E-state index contributed by atoms with van der Waals surface area (Å²) in [7, 11) is 6.84. The molecular formula is C57H95BN10O13. The van der Waals surface area contributed by atoms with Gasteiger partial charge in [-0.25, -0.2) is 0 Å². The largest absolute Gasteiger partial charge is 0.481 e. The molecule has 1 unspecified atom stereocenters. The molecule has 11 atom stereocenters. The van der Waals surface area contributed by atoms with Crippen LogP contribution in [-0.4, -0.2) is 173 Å². The average molecular weight is 1140 g/mol. The Hall–Kier alpha value is -6.27. The van der Waals surface area contributed by atoms with Crippen molar-refractivity contribution in [2.75, 3.05) is 26.7 Å². The number of carboxylic acid groups (broad SMARTS) is 1. The number of nitrogens with zero attached hydrogens (tertiary/aromatic N) is 3. The third kappa shape index (κ3) is 26.9. The Kier molecular flexibility index (Phi) is 33.2. The number of likely N-dealkylation sites (N-methyl/N-ethyl adjacent to an activating group) is 1. The van der Waals surface area contributed by atoms with E-state index in [1.807, 2.05) is 92.6 Å². The number of Topliss-reactive ketones (excluding diaryl/α,β-unsaturated/α-hetero) is 3. The van der Waals surface area contributed by atoms with Crippen LogP contribution >= 0.6 is 0 Å². The molecule has 1 aromatic rings. The van der Waals surface area contributed by atoms with E-state index < -0.39 is 96.7 Å². The van der Waals surface area contributed by atoms with Crippen molar-refractivity contribution in [2.45, 2.75) is 195 Å². The molecular weight excluding hydrogens is 1040 g/mol. The smallest absolute Gasteiger partial charge is 0.305 e. The van der Waals surface area contributed by atoms with E-state index in [1.54, 1.807) is 4.90 Å². The Balaban J connectivity index is 0.000000810. The SMILES string of the molecule is CCC(C)[C@H](NC(=O)[C@H](CCCN=C(N)N)CC(=O)[C@H](CC(=O)O)NC(=O)[C@H](CC(C)C)N(C)C(C)=O)C(C)=O.[B]N[C@H](CO)C(=O)N[C@@H](Cc1ccccc1)C(=O)C[C@H](CC(C)C)C(=O)N[C@@H](CC(C)C)C(=O)N1C[C@H](O)C[C@H]1C. The molecule has 454 valence electrons. The molecule has 6 amide bonds. The molecule has 1 aliphatic heterocycles. The molecule has 0 bridgehead atoms. The fraction of sp³-hybridized carbons (Fsp3) is 0.702. The Morgan fingerprint density at radius 3 is 1.77 bits per heavy atom. The minimum absolute atomic E-state index is 0.0317. The maximum atomic E-state index is 13.7. The molecule has 2 rings (SSSR count). The van der Waals surface area contributed by atoms with Crippen LogP contribution in [0.1, 0.15) is 146 Å². The number of carboxylic acids is 1. The Bertz CT molecular complexity index is 2240. The number of ketones is 3. The van der Waals surface area contributed by atoms with Crippen LogP contribution in [0.25, 0.3) is 0 Å². The lowest BCUT2D eigenvalue weighted by atomic mass is 9.88. The zero-order valence-corrected chi connectivity index (χ0v) is 49.9. The molecule has 0 spiro atoms. The Morgan fingerprint density at radius 2 is 1.28 bits per heavy atom. The highest BCUT2D eigenvalue weighted by Crippen LogP contribution is 2.24. The summed E-state index contributed by atoms with van der Waals surface area (Å²) in [6.45, 7) is 19.7. The van der Waals surface area contributed by atoms with E-state index in [2.05, 4.69) is 31.5 Å². The minimum atomic E-state index is -1.42. The zero-order valence-electron chi connectivity index (χ0n) is 49.9. The second-order valence-electron chi connectivity index (χ2n) is 22.8. The van der Waals surface area contributed by atoms with E-state index in [-0.39, 0.29) is 104 Å². The van der Waals surface area contributed by atoms with Gasteiger partial charge in [-0.05, 0) is 88.0 Å². The molecule has 1 aliphatic rings. The van der Waals surface area contributed by atoms with Gasteiger partial charge in [0.25, 0.3) is 0 Å². The van der Waals surface area contributed by atoms with E-state index in [0.29, 0.717) is 38.5 Å². The predicted octanol–water partition coefficient (Wildman–Crippen LogP) is 1.47. The number of amides is 6. The van der Waals surface area contributed by atoms with E-state index in [0.717, 1.165) is 5.56 Å². The van der Waals surface area contributed by atoms with E-state index in [9.17, 15) is 63.3 Å². The molecule has 12 N–H and O–H groups in total. The first-order valence-corrected chi connectivity index (χ1v) is 28.2. The van der Waals surface area contributed by atoms with Gasteiger partial charge in [0, 0.05) is 57.8 Å². The van der Waals surface area contributed by atoms with Crippen LogP contribution < -0.4 is 38.0 Å². The van der Waals surface area contributed by atoms with Gasteiger partial charge in [0.1, 0.15) is 12.1 Å². The highest BCUT2D eigenvalue weighted by Gasteiger charge is 2.39. The van der Waals surface area contributed by atoms with Crippen LogP contribution in [0.2, 0.25) is 0 Å². The summed E-state index contributed by atoms with van der Waals surface area (Å²) in [4.78, 5) is 136. The molecule has 1 fully saturated rings. The number of hydrogen-bond donors (Lipinski definition) is 10. The summed E-state index contributed by atoms with van der Waals surface area (Å²) in [6, 6.07) is 3.16. The summed E-state index contributed by atoms with van der Waals surface area (Å²) in [5.74, 6) is -7.00. The van der Waals surface area contributed by atoms with Crippen LogP contribution in [0.5, 0.6) is 0 Å². The molecule has 23 nitrogen and oxygen atoms in total. The number of aliphatic imine (C=N–C) groups is 1. The Labute approximate surface area is 480 Å². The Morgan fingerprint density at radius 1 is 0.741 bits per heavy atom. The monoisotopic (exact) mass is 1140 g/mol. The summed E-state index contributed by atoms with van der Waals surface area (Å²) in [6.07, 6.45) is 1.17. The highest BCUT2D eigenvalue weighted by molar-refractivity contribution is 6.07. The number of β-amino-alcohol motifs (C(OH)–C–C–N with tert-alkyl or cyclic N) is 1. The van der Waals surface area contributed by atoms with Gasteiger partial charge in [-0.15, -0.1) is 0 Å². The van der Waals surface area contributed by atoms with Crippen LogP contribution in [0, 0.1) is 35.5 Å². The van der Waals surface area contributed by atoms with Crippen LogP contribution in [0.15, 0.2) is 35.3 Å². The molecule has 2 radical (unpaired) electrons. The zero-order chi connectivity index (χ0) is 61.8. The van der Waals surface area contributed by atoms with Crippen molar-refractivity contribution in [3.05, 3.63) is 35.9 Å². The molecule has 1 saturated heterocycles. The fourth-order valence-electron chi connectivity index (χ4n) is 9.51. The normalized spacial score (nSPS) is 17.4. The number of aliphatic hydroxyl groups excluding tert-OH is 2. The van der Waals surface area contributed by atoms with Crippen molar-refractivity contribution in [1.82, 2.24) is 36.3 Å². The predicted molar refractivity (Wildman–Crippen MR) is 309 cm³/mol. The highest BCUT2D eigenvalue weighted by atomic mass is 16.4. The average Bonchev–Trinajstić information content (AvgIpc) is 3.79. The second-order valence-corrected chi connectivity index (χ2v) is 22.8. The number of carbonyl (C=O) groups excluding carboxylic acids is 9. The van der Waals surface area contributed by atoms with Gasteiger partial charge in [-0.2, -0.15) is 0 Å². The summed E-state index contributed by atoms with van der Waals surface area (Å²) < 4.78 is 0. The number of aliphatic hydroxyl groups is 2. The molecule has 24 heteroatoms. The van der Waals surface area contributed by atoms with Gasteiger partial charge in [-0.3, -0.25) is 52.9 Å². The van der Waals surface area contributed by atoms with Gasteiger partial charge in [-0.1, -0.05) is 92.1 Å². The number of likely N-dealkylation sites (tertiary alicyclic amines) is 1. The third-order valence-electron chi connectivity index (χ3n) is 14.2. The van der Waals surface area contributed by atoms with Gasteiger partial charge in [0.15, 0.2) is 31.3 Å². The molecule has 0 saturated carbocycles. The molecule has 81 heavy (non-hydrogen) atoms. The number of aliphatic carboxylic acids is 1. The number of rotatable bonds is 35. The first-order chi connectivity index (χ1) is 37.9. The van der Waals surface area contributed by atoms with Gasteiger partial charge >= 0.3 is 5.97 Å². The number of carbonyl (C=O) groups is 10. The fourth-order valence-corrected chi connectivity index (χ4v) is 9.51. The van der Waals surface area contributed by atoms with Crippen LogP contribution in [-0.2, 0) is 54.4 Å². The topological polar surface area (TPSA) is 362 Å². The minimum Gasteiger partial charge on any atom is -0.481 e. The number of benzene rings is 1. The van der Waals surface area contributed by atoms with Crippen LogP contribution in [0.3, 0.4) is 0 Å². The number of nitrogens with one attached hydrogen (secondary N) is 5. The molecule has 1 heterocycles. The van der Waals surface area contributed by atoms with Crippen molar-refractivity contribution < 1.29 is 63.3 Å². The molecule has 0 aliphatic carbocycles. The molecule has 0 aromatic heterocycles. The maximum absolute atomic E-state index is 13.7. The van der Waals surface area contributed by atoms with E-state index in [4.69, 9.17) is 19.4 Å². The second kappa shape index (κ2) is 37.0. The summed E-state index contributed by atoms with van der Waals surface area (Å²) >= 11 is 0. The summed E-state index contributed by atoms with van der Waals surface area (Å²) in [5.41, 5.74) is 11.5. The number of nitrogens with two attached hydrogens (primary N) is 2. The van der Waals surface area contributed by atoms with Crippen molar-refractivity contribution in [2.24, 2.45) is 52.0 Å². The van der Waals surface area contributed by atoms with Crippen molar-refractivity contribution >= 4 is 72.7 Å². The van der Waals surface area contributed by atoms with Crippen LogP contribution in [0.4, 0.5) is 0 Å². The van der Waals surface area contributed by atoms with Gasteiger partial charge < -0.3 is 63.1 Å². The first kappa shape index (κ1) is 72.7. The van der Waals surface area contributed by atoms with Gasteiger partial charge in [0.2, 0.25) is 35.4 Å². The lowest BCUT2D eigenvalue weighted by Gasteiger charge is -2.30. The van der Waals surface area contributed by atoms with E-state index >= 15 is 0 Å². The van der Waals surface area contributed by atoms with Crippen molar-refractivity contribution in [3.8, 4) is 0 Å². The summed E-state index contributed by atoms with van der Waals surface area (Å²) in [5, 5.41) is 42.1. The number of guanidine groups is 1. The van der Waals surface area contributed by atoms with Gasteiger partial charge in [0.05, 0.1) is 43.3 Å². The van der Waals surface area contributed by atoms with E-state index in [1.165, 1.54) is 25.8 Å². The van der Waals surface area contributed by atoms with Crippen molar-refractivity contribution in [1.29, 1.82) is 0 Å². The number of hydrogen-bond acceptors (Lipinski definition) is 14. The van der Waals surface area contributed by atoms with Crippen molar-refractivity contribution in [3.63, 3.8) is 0 Å². The lowest BCUT2D eigenvalue weighted by molar-refractivity contribution is -0.143. The maximum Gasteiger partial charge on any atom is 0.305 e. The first-order valence-electron chi connectivity index (χ1n) is 28.2. The lowest BCUT2D eigenvalue weighted by Crippen LogP contribution is -2.53.